The van der Waals surface area contributed by atoms with Crippen LogP contribution in [-0.2, 0) is 6.42 Å². The lowest BCUT2D eigenvalue weighted by atomic mass is 9.92. The first-order valence-corrected chi connectivity index (χ1v) is 7.20. The van der Waals surface area contributed by atoms with Crippen molar-refractivity contribution in [3.63, 3.8) is 0 Å². The zero-order valence-electron chi connectivity index (χ0n) is 10.2. The van der Waals surface area contributed by atoms with Gasteiger partial charge in [-0.25, -0.2) is 4.98 Å². The summed E-state index contributed by atoms with van der Waals surface area (Å²) in [5.74, 6) is 0.788. The van der Waals surface area contributed by atoms with Crippen LogP contribution in [0.5, 0.6) is 0 Å². The van der Waals surface area contributed by atoms with E-state index in [1.165, 1.54) is 53.1 Å². The average molecular weight is 246 g/mol. The number of fused-ring (bicyclic) bond motifs is 1. The van der Waals surface area contributed by atoms with Gasteiger partial charge in [0.25, 0.3) is 0 Å². The minimum atomic E-state index is 0.788. The fraction of sp³-hybridized carbons (Fsp3) is 0.500. The Bertz CT molecular complexity index is 512. The first kappa shape index (κ1) is 11.2. The summed E-state index contributed by atoms with van der Waals surface area (Å²) in [5.41, 5.74) is 2.67. The molecule has 1 aromatic carbocycles. The van der Waals surface area contributed by atoms with E-state index in [9.17, 15) is 0 Å². The van der Waals surface area contributed by atoms with Crippen LogP contribution < -0.4 is 5.32 Å². The first-order valence-electron chi connectivity index (χ1n) is 6.38. The molecule has 0 aliphatic carbocycles. The smallest absolute Gasteiger partial charge is 0.0907 e. The van der Waals surface area contributed by atoms with E-state index in [4.69, 9.17) is 0 Å². The number of nitrogens with one attached hydrogen (secondary N) is 1. The second-order valence-corrected chi connectivity index (χ2v) is 6.15. The van der Waals surface area contributed by atoms with Gasteiger partial charge < -0.3 is 5.32 Å². The molecule has 1 aromatic heterocycles. The number of thiazole rings is 1. The van der Waals surface area contributed by atoms with Gasteiger partial charge in [-0.15, -0.1) is 11.3 Å². The van der Waals surface area contributed by atoms with Gasteiger partial charge in [0.15, 0.2) is 0 Å². The van der Waals surface area contributed by atoms with Crippen LogP contribution in [0.25, 0.3) is 10.2 Å². The molecule has 0 saturated carbocycles. The molecule has 3 rings (SSSR count). The summed E-state index contributed by atoms with van der Waals surface area (Å²) in [6.07, 6.45) is 3.84. The molecule has 1 aliphatic rings. The SMILES string of the molecule is Cc1nc2c(CC3CCCNC3)cccc2s1. The molecular formula is C14H18N2S. The highest BCUT2D eigenvalue weighted by Gasteiger charge is 2.15. The molecule has 0 radical (unpaired) electrons. The predicted molar refractivity (Wildman–Crippen MR) is 73.7 cm³/mol. The summed E-state index contributed by atoms with van der Waals surface area (Å²) < 4.78 is 1.34. The van der Waals surface area contributed by atoms with E-state index >= 15 is 0 Å². The van der Waals surface area contributed by atoms with Gasteiger partial charge in [0.2, 0.25) is 0 Å². The third-order valence-corrected chi connectivity index (χ3v) is 4.45. The molecule has 0 amide bonds. The monoisotopic (exact) mass is 246 g/mol. The van der Waals surface area contributed by atoms with Crippen molar-refractivity contribution >= 4 is 21.6 Å². The number of aromatic nitrogens is 1. The lowest BCUT2D eigenvalue weighted by molar-refractivity contribution is 0.376. The van der Waals surface area contributed by atoms with E-state index in [2.05, 4.69) is 35.4 Å². The van der Waals surface area contributed by atoms with Crippen molar-refractivity contribution in [1.29, 1.82) is 0 Å². The normalized spacial score (nSPS) is 20.9. The van der Waals surface area contributed by atoms with Crippen molar-refractivity contribution in [2.75, 3.05) is 13.1 Å². The molecule has 2 nitrogen and oxygen atoms in total. The number of hydrogen-bond donors (Lipinski definition) is 1. The van der Waals surface area contributed by atoms with E-state index in [1.54, 1.807) is 11.3 Å². The van der Waals surface area contributed by atoms with E-state index in [1.807, 2.05) is 0 Å². The van der Waals surface area contributed by atoms with Gasteiger partial charge in [-0.3, -0.25) is 0 Å². The number of benzene rings is 1. The molecule has 2 aromatic rings. The van der Waals surface area contributed by atoms with Crippen LogP contribution in [0.4, 0.5) is 0 Å². The van der Waals surface area contributed by atoms with Crippen molar-refractivity contribution in [2.45, 2.75) is 26.2 Å². The highest BCUT2D eigenvalue weighted by molar-refractivity contribution is 7.18. The fourth-order valence-electron chi connectivity index (χ4n) is 2.69. The summed E-state index contributed by atoms with van der Waals surface area (Å²) in [5, 5.41) is 4.67. The molecule has 1 saturated heterocycles. The summed E-state index contributed by atoms with van der Waals surface area (Å²) in [6.45, 7) is 4.45. The highest BCUT2D eigenvalue weighted by atomic mass is 32.1. The van der Waals surface area contributed by atoms with Gasteiger partial charge in [-0.2, -0.15) is 0 Å². The van der Waals surface area contributed by atoms with Crippen LogP contribution in [0.2, 0.25) is 0 Å². The average Bonchev–Trinajstić information content (AvgIpc) is 2.72. The molecule has 2 heterocycles. The standard InChI is InChI=1S/C14H18N2S/c1-10-16-14-12(5-2-6-13(14)17-10)8-11-4-3-7-15-9-11/h2,5-6,11,15H,3-4,7-9H2,1H3. The number of para-hydroxylation sites is 1. The Morgan fingerprint density at radius 2 is 2.41 bits per heavy atom. The molecule has 1 aliphatic heterocycles. The molecule has 1 fully saturated rings. The molecule has 1 atom stereocenters. The maximum absolute atomic E-state index is 4.68. The lowest BCUT2D eigenvalue weighted by Crippen LogP contribution is -2.30. The maximum atomic E-state index is 4.68. The van der Waals surface area contributed by atoms with E-state index in [-0.39, 0.29) is 0 Å². The van der Waals surface area contributed by atoms with Crippen molar-refractivity contribution in [1.82, 2.24) is 10.3 Å². The largest absolute Gasteiger partial charge is 0.316 e. The summed E-state index contributed by atoms with van der Waals surface area (Å²) >= 11 is 1.80. The number of aryl methyl sites for hydroxylation is 1. The Balaban J connectivity index is 1.88. The van der Waals surface area contributed by atoms with Gasteiger partial charge in [0.05, 0.1) is 15.2 Å². The molecule has 1 N–H and O–H groups in total. The van der Waals surface area contributed by atoms with E-state index in [0.29, 0.717) is 0 Å². The van der Waals surface area contributed by atoms with E-state index in [0.717, 1.165) is 5.92 Å². The lowest BCUT2D eigenvalue weighted by Gasteiger charge is -2.22. The van der Waals surface area contributed by atoms with Crippen LogP contribution in [0.1, 0.15) is 23.4 Å². The van der Waals surface area contributed by atoms with Crippen molar-refractivity contribution < 1.29 is 0 Å². The van der Waals surface area contributed by atoms with Crippen LogP contribution in [0, 0.1) is 12.8 Å². The number of hydrogen-bond acceptors (Lipinski definition) is 3. The number of nitrogens with zero attached hydrogens (tertiary/aromatic N) is 1. The zero-order valence-corrected chi connectivity index (χ0v) is 11.0. The van der Waals surface area contributed by atoms with Gasteiger partial charge in [0.1, 0.15) is 0 Å². The predicted octanol–water partition coefficient (Wildman–Crippen LogP) is 3.15. The minimum Gasteiger partial charge on any atom is -0.316 e. The summed E-state index contributed by atoms with van der Waals surface area (Å²) in [6, 6.07) is 6.60. The number of piperidine rings is 1. The van der Waals surface area contributed by atoms with Crippen LogP contribution in [-0.4, -0.2) is 18.1 Å². The third kappa shape index (κ3) is 2.35. The Hall–Kier alpha value is -0.930. The van der Waals surface area contributed by atoms with Crippen LogP contribution in [0.3, 0.4) is 0 Å². The Kier molecular flexibility index (Phi) is 3.12. The first-order chi connectivity index (χ1) is 8.33. The Labute approximate surface area is 106 Å². The highest BCUT2D eigenvalue weighted by Crippen LogP contribution is 2.27. The second kappa shape index (κ2) is 4.75. The van der Waals surface area contributed by atoms with E-state index < -0.39 is 0 Å². The quantitative estimate of drug-likeness (QED) is 0.880. The minimum absolute atomic E-state index is 0.788. The van der Waals surface area contributed by atoms with Gasteiger partial charge >= 0.3 is 0 Å². The van der Waals surface area contributed by atoms with Crippen molar-refractivity contribution in [2.24, 2.45) is 5.92 Å². The molecule has 3 heteroatoms. The van der Waals surface area contributed by atoms with Crippen LogP contribution in [0.15, 0.2) is 18.2 Å². The van der Waals surface area contributed by atoms with Gasteiger partial charge in [-0.1, -0.05) is 12.1 Å². The van der Waals surface area contributed by atoms with Crippen molar-refractivity contribution in [3.05, 3.63) is 28.8 Å². The summed E-state index contributed by atoms with van der Waals surface area (Å²) in [7, 11) is 0. The zero-order chi connectivity index (χ0) is 11.7. The number of rotatable bonds is 2. The molecule has 90 valence electrons. The molecule has 17 heavy (non-hydrogen) atoms. The molecular weight excluding hydrogens is 228 g/mol. The Morgan fingerprint density at radius 3 is 3.24 bits per heavy atom. The fourth-order valence-corrected chi connectivity index (χ4v) is 3.57. The van der Waals surface area contributed by atoms with Gasteiger partial charge in [0, 0.05) is 0 Å². The summed E-state index contributed by atoms with van der Waals surface area (Å²) in [4.78, 5) is 4.68. The van der Waals surface area contributed by atoms with Gasteiger partial charge in [-0.05, 0) is 56.8 Å². The Morgan fingerprint density at radius 1 is 1.47 bits per heavy atom. The molecule has 0 bridgehead atoms. The third-order valence-electron chi connectivity index (χ3n) is 3.52. The van der Waals surface area contributed by atoms with Crippen LogP contribution >= 0.6 is 11.3 Å². The topological polar surface area (TPSA) is 24.9 Å². The maximum Gasteiger partial charge on any atom is 0.0907 e. The molecule has 0 spiro atoms. The van der Waals surface area contributed by atoms with Crippen molar-refractivity contribution in [3.8, 4) is 0 Å². The molecule has 1 unspecified atom stereocenters. The second-order valence-electron chi connectivity index (χ2n) is 4.91.